The maximum absolute atomic E-state index is 12.2. The molecule has 6 heteroatoms. The van der Waals surface area contributed by atoms with Crippen LogP contribution in [0.1, 0.15) is 54.4 Å². The van der Waals surface area contributed by atoms with Crippen LogP contribution < -0.4 is 9.47 Å². The molecule has 0 amide bonds. The fraction of sp³-hybridized carbons (Fsp3) is 0.381. The van der Waals surface area contributed by atoms with E-state index < -0.39 is 12.3 Å². The van der Waals surface area contributed by atoms with E-state index in [1.807, 2.05) is 12.1 Å². The first-order valence-electron chi connectivity index (χ1n) is 8.98. The predicted molar refractivity (Wildman–Crippen MR) is 94.9 cm³/mol. The molecule has 0 aliphatic heterocycles. The van der Waals surface area contributed by atoms with Crippen molar-refractivity contribution in [3.8, 4) is 11.5 Å². The highest BCUT2D eigenvalue weighted by Gasteiger charge is 2.31. The number of esters is 1. The molecule has 0 unspecified atom stereocenters. The van der Waals surface area contributed by atoms with Crippen molar-refractivity contribution in [2.45, 2.75) is 44.9 Å². The van der Waals surface area contributed by atoms with Gasteiger partial charge in [-0.15, -0.1) is 13.2 Å². The van der Waals surface area contributed by atoms with E-state index in [9.17, 15) is 18.0 Å². The van der Waals surface area contributed by atoms with Gasteiger partial charge in [0.1, 0.15) is 11.5 Å². The summed E-state index contributed by atoms with van der Waals surface area (Å²) in [7, 11) is 0. The van der Waals surface area contributed by atoms with E-state index in [1.165, 1.54) is 30.5 Å². The summed E-state index contributed by atoms with van der Waals surface area (Å²) >= 11 is 0. The van der Waals surface area contributed by atoms with E-state index in [1.54, 1.807) is 12.1 Å². The van der Waals surface area contributed by atoms with Gasteiger partial charge in [0.15, 0.2) is 0 Å². The van der Waals surface area contributed by atoms with Gasteiger partial charge in [-0.1, -0.05) is 31.9 Å². The number of benzene rings is 2. The maximum Gasteiger partial charge on any atom is 0.573 e. The summed E-state index contributed by atoms with van der Waals surface area (Å²) in [5.74, 6) is 0.549. The van der Waals surface area contributed by atoms with Crippen LogP contribution in [0, 0.1) is 5.92 Å². The van der Waals surface area contributed by atoms with Crippen LogP contribution in [0.3, 0.4) is 0 Å². The first-order valence-corrected chi connectivity index (χ1v) is 8.98. The van der Waals surface area contributed by atoms with Gasteiger partial charge >= 0.3 is 12.3 Å². The van der Waals surface area contributed by atoms with Gasteiger partial charge in [-0.25, -0.2) is 4.79 Å². The molecule has 144 valence electrons. The molecule has 3 nitrogen and oxygen atoms in total. The Labute approximate surface area is 156 Å². The number of rotatable bonds is 4. The molecule has 27 heavy (non-hydrogen) atoms. The quantitative estimate of drug-likeness (QED) is 0.476. The first kappa shape index (κ1) is 19.3. The molecule has 3 rings (SSSR count). The van der Waals surface area contributed by atoms with Crippen molar-refractivity contribution in [1.29, 1.82) is 0 Å². The number of hydrogen-bond donors (Lipinski definition) is 0. The molecule has 0 saturated heterocycles. The molecule has 2 aromatic rings. The number of alkyl halides is 3. The molecule has 0 atom stereocenters. The molecular weight excluding hydrogens is 357 g/mol. The molecule has 1 aliphatic rings. The first-order chi connectivity index (χ1) is 12.8. The fourth-order valence-corrected chi connectivity index (χ4v) is 3.36. The molecule has 0 radical (unpaired) electrons. The van der Waals surface area contributed by atoms with Gasteiger partial charge < -0.3 is 9.47 Å². The third-order valence-corrected chi connectivity index (χ3v) is 4.90. The minimum Gasteiger partial charge on any atom is -0.423 e. The second kappa shape index (κ2) is 8.03. The zero-order valence-corrected chi connectivity index (χ0v) is 15.0. The average molecular weight is 378 g/mol. The number of halogens is 3. The second-order valence-electron chi connectivity index (χ2n) is 6.99. The summed E-state index contributed by atoms with van der Waals surface area (Å²) in [6, 6.07) is 12.1. The topological polar surface area (TPSA) is 35.5 Å². The molecule has 1 saturated carbocycles. The zero-order chi connectivity index (χ0) is 19.4. The third kappa shape index (κ3) is 5.49. The van der Waals surface area contributed by atoms with E-state index in [4.69, 9.17) is 4.74 Å². The number of carbonyl (C=O) groups is 1. The van der Waals surface area contributed by atoms with Crippen LogP contribution in [0.4, 0.5) is 13.2 Å². The third-order valence-electron chi connectivity index (χ3n) is 4.90. The van der Waals surface area contributed by atoms with E-state index in [0.717, 1.165) is 30.9 Å². The van der Waals surface area contributed by atoms with Crippen molar-refractivity contribution >= 4 is 5.97 Å². The Balaban J connectivity index is 1.59. The van der Waals surface area contributed by atoms with Crippen molar-refractivity contribution in [2.75, 3.05) is 0 Å². The van der Waals surface area contributed by atoms with Gasteiger partial charge in [-0.2, -0.15) is 0 Å². The minimum absolute atomic E-state index is 0.153. The standard InChI is InChI=1S/C21H21F3O3/c1-14-2-4-15(5-3-14)16-6-8-17(9-7-16)20(25)26-18-10-12-19(13-11-18)27-21(22,23)24/h6-15H,2-5H2,1H3. The zero-order valence-electron chi connectivity index (χ0n) is 15.0. The Hall–Kier alpha value is -2.50. The normalized spacial score (nSPS) is 20.1. The summed E-state index contributed by atoms with van der Waals surface area (Å²) in [5, 5.41) is 0. The van der Waals surface area contributed by atoms with Crippen LogP contribution in [0.2, 0.25) is 0 Å². The van der Waals surface area contributed by atoms with E-state index in [2.05, 4.69) is 11.7 Å². The monoisotopic (exact) mass is 378 g/mol. The average Bonchev–Trinajstić information content (AvgIpc) is 2.63. The van der Waals surface area contributed by atoms with Crippen molar-refractivity contribution in [1.82, 2.24) is 0 Å². The lowest BCUT2D eigenvalue weighted by Crippen LogP contribution is -2.17. The Morgan fingerprint density at radius 2 is 1.44 bits per heavy atom. The van der Waals surface area contributed by atoms with E-state index in [0.29, 0.717) is 11.5 Å². The van der Waals surface area contributed by atoms with Crippen LogP contribution in [0.25, 0.3) is 0 Å². The summed E-state index contributed by atoms with van der Waals surface area (Å²) in [5.41, 5.74) is 1.63. The number of carbonyl (C=O) groups excluding carboxylic acids is 1. The molecule has 0 heterocycles. The van der Waals surface area contributed by atoms with E-state index >= 15 is 0 Å². The number of ether oxygens (including phenoxy) is 2. The van der Waals surface area contributed by atoms with Crippen LogP contribution in [-0.2, 0) is 0 Å². The predicted octanol–water partition coefficient (Wildman–Crippen LogP) is 6.10. The summed E-state index contributed by atoms with van der Waals surface area (Å²) in [6.07, 6.45) is 0.0237. The SMILES string of the molecule is CC1CCC(c2ccc(C(=O)Oc3ccc(OC(F)(F)F)cc3)cc2)CC1. The molecular formula is C21H21F3O3. The molecule has 2 aromatic carbocycles. The molecule has 0 bridgehead atoms. The summed E-state index contributed by atoms with van der Waals surface area (Å²) in [4.78, 5) is 12.2. The fourth-order valence-electron chi connectivity index (χ4n) is 3.36. The lowest BCUT2D eigenvalue weighted by molar-refractivity contribution is -0.274. The Kier molecular flexibility index (Phi) is 5.73. The second-order valence-corrected chi connectivity index (χ2v) is 6.99. The van der Waals surface area contributed by atoms with Crippen molar-refractivity contribution in [3.05, 3.63) is 59.7 Å². The molecule has 1 aliphatic carbocycles. The van der Waals surface area contributed by atoms with Gasteiger partial charge in [0.25, 0.3) is 0 Å². The smallest absolute Gasteiger partial charge is 0.423 e. The van der Waals surface area contributed by atoms with Gasteiger partial charge in [0, 0.05) is 0 Å². The van der Waals surface area contributed by atoms with E-state index in [-0.39, 0.29) is 11.5 Å². The molecule has 0 N–H and O–H groups in total. The van der Waals surface area contributed by atoms with Crippen LogP contribution in [0.5, 0.6) is 11.5 Å². The van der Waals surface area contributed by atoms with Crippen molar-refractivity contribution in [3.63, 3.8) is 0 Å². The Morgan fingerprint density at radius 3 is 2.00 bits per heavy atom. The highest BCUT2D eigenvalue weighted by molar-refractivity contribution is 5.91. The van der Waals surface area contributed by atoms with Crippen LogP contribution >= 0.6 is 0 Å². The minimum atomic E-state index is -4.75. The lowest BCUT2D eigenvalue weighted by atomic mass is 9.79. The van der Waals surface area contributed by atoms with Crippen LogP contribution in [0.15, 0.2) is 48.5 Å². The highest BCUT2D eigenvalue weighted by atomic mass is 19.4. The Bertz CT molecular complexity index is 759. The molecule has 0 spiro atoms. The lowest BCUT2D eigenvalue weighted by Gasteiger charge is -2.26. The van der Waals surface area contributed by atoms with Crippen LogP contribution in [-0.4, -0.2) is 12.3 Å². The van der Waals surface area contributed by atoms with Gasteiger partial charge in [-0.3, -0.25) is 0 Å². The number of hydrogen-bond acceptors (Lipinski definition) is 3. The summed E-state index contributed by atoms with van der Waals surface area (Å²) in [6.45, 7) is 2.27. The highest BCUT2D eigenvalue weighted by Crippen LogP contribution is 2.35. The Morgan fingerprint density at radius 1 is 0.889 bits per heavy atom. The molecule has 0 aromatic heterocycles. The largest absolute Gasteiger partial charge is 0.573 e. The maximum atomic E-state index is 12.2. The van der Waals surface area contributed by atoms with Gasteiger partial charge in [0.05, 0.1) is 5.56 Å². The molecule has 1 fully saturated rings. The van der Waals surface area contributed by atoms with Gasteiger partial charge in [0.2, 0.25) is 0 Å². The van der Waals surface area contributed by atoms with Gasteiger partial charge in [-0.05, 0) is 66.6 Å². The van der Waals surface area contributed by atoms with Crippen molar-refractivity contribution in [2.24, 2.45) is 5.92 Å². The summed E-state index contributed by atoms with van der Waals surface area (Å²) < 4.78 is 45.4. The van der Waals surface area contributed by atoms with Crippen molar-refractivity contribution < 1.29 is 27.4 Å².